The Balaban J connectivity index is 1.72. The quantitative estimate of drug-likeness (QED) is 0.773. The number of halogens is 1. The largest absolute Gasteiger partial charge is 0.493 e. The molecule has 0 bridgehead atoms. The molecule has 0 fully saturated rings. The minimum absolute atomic E-state index is 0.0122. The van der Waals surface area contributed by atoms with E-state index in [-0.39, 0.29) is 17.3 Å². The number of thiazole rings is 1. The normalized spacial score (nSPS) is 14.2. The summed E-state index contributed by atoms with van der Waals surface area (Å²) < 4.78 is 15.0. The highest BCUT2D eigenvalue weighted by molar-refractivity contribution is 7.10. The summed E-state index contributed by atoms with van der Waals surface area (Å²) in [4.78, 5) is 16.6. The molecule has 1 aromatic heterocycles. The Morgan fingerprint density at radius 1 is 1.16 bits per heavy atom. The first-order valence-corrected chi connectivity index (χ1v) is 8.46. The highest BCUT2D eigenvalue weighted by Crippen LogP contribution is 2.34. The van der Waals surface area contributed by atoms with Gasteiger partial charge in [0.2, 0.25) is 5.88 Å². The van der Waals surface area contributed by atoms with E-state index in [2.05, 4.69) is 4.99 Å². The lowest BCUT2D eigenvalue weighted by molar-refractivity contribution is 0.418. The van der Waals surface area contributed by atoms with Gasteiger partial charge in [-0.25, -0.2) is 4.39 Å². The average Bonchev–Trinajstić information content (AvgIpc) is 3.13. The molecule has 0 spiro atoms. The van der Waals surface area contributed by atoms with Gasteiger partial charge >= 0.3 is 4.87 Å². The molecular weight excluding hydrogens is 339 g/mol. The molecule has 0 radical (unpaired) electrons. The van der Waals surface area contributed by atoms with Gasteiger partial charge in [-0.05, 0) is 18.2 Å². The molecule has 1 aliphatic rings. The number of fused-ring (bicyclic) bond motifs is 1. The molecule has 0 saturated heterocycles. The second kappa shape index (κ2) is 6.14. The van der Waals surface area contributed by atoms with Crippen LogP contribution in [-0.2, 0) is 6.54 Å². The smallest absolute Gasteiger partial charge is 0.310 e. The topological polar surface area (TPSA) is 54.6 Å². The molecule has 3 aromatic rings. The molecule has 0 aliphatic carbocycles. The van der Waals surface area contributed by atoms with E-state index in [0.29, 0.717) is 10.4 Å². The van der Waals surface area contributed by atoms with Crippen molar-refractivity contribution >= 4 is 34.9 Å². The number of allylic oxidation sites excluding steroid dienone is 1. The third-order valence-electron chi connectivity index (χ3n) is 4.02. The van der Waals surface area contributed by atoms with Crippen LogP contribution in [0.1, 0.15) is 16.0 Å². The maximum Gasteiger partial charge on any atom is 0.310 e. The zero-order valence-electron chi connectivity index (χ0n) is 13.0. The van der Waals surface area contributed by atoms with Crippen molar-refractivity contribution < 1.29 is 9.50 Å². The average molecular weight is 352 g/mol. The summed E-state index contributed by atoms with van der Waals surface area (Å²) in [7, 11) is 0. The zero-order valence-corrected chi connectivity index (χ0v) is 13.8. The third kappa shape index (κ3) is 2.81. The molecule has 4 rings (SSSR count). The van der Waals surface area contributed by atoms with E-state index in [9.17, 15) is 14.3 Å². The molecule has 1 N–H and O–H groups in total. The molecule has 2 heterocycles. The highest BCUT2D eigenvalue weighted by Gasteiger charge is 2.17. The van der Waals surface area contributed by atoms with Crippen LogP contribution in [0.15, 0.2) is 58.3 Å². The van der Waals surface area contributed by atoms with Gasteiger partial charge < -0.3 is 5.11 Å². The predicted octanol–water partition coefficient (Wildman–Crippen LogP) is 4.06. The standard InChI is InChI=1S/C19H13FN2O2S/c20-15-7-3-1-5-12(15)11-22-18(23)17(25-19(22)24)9-13-10-21-16-8-4-2-6-14(13)16/h1-10,23H,11H2/b13-9+. The number of rotatable bonds is 3. The fourth-order valence-corrected chi connectivity index (χ4v) is 3.58. The van der Waals surface area contributed by atoms with Crippen LogP contribution in [0.4, 0.5) is 10.1 Å². The van der Waals surface area contributed by atoms with Crippen LogP contribution < -0.4 is 4.87 Å². The van der Waals surface area contributed by atoms with Crippen molar-refractivity contribution in [1.29, 1.82) is 0 Å². The second-order valence-corrected chi connectivity index (χ2v) is 6.60. The van der Waals surface area contributed by atoms with Crippen LogP contribution in [0.3, 0.4) is 0 Å². The summed E-state index contributed by atoms with van der Waals surface area (Å²) in [5.74, 6) is -0.569. The van der Waals surface area contributed by atoms with E-state index in [1.165, 1.54) is 10.6 Å². The van der Waals surface area contributed by atoms with E-state index < -0.39 is 5.82 Å². The lowest BCUT2D eigenvalue weighted by Gasteiger charge is -2.05. The number of benzene rings is 2. The fourth-order valence-electron chi connectivity index (χ4n) is 2.74. The van der Waals surface area contributed by atoms with E-state index in [1.807, 2.05) is 24.3 Å². The van der Waals surface area contributed by atoms with Gasteiger partial charge in [0.25, 0.3) is 0 Å². The Labute approximate surface area is 146 Å². The van der Waals surface area contributed by atoms with Crippen molar-refractivity contribution in [2.75, 3.05) is 0 Å². The Bertz CT molecular complexity index is 1080. The van der Waals surface area contributed by atoms with Gasteiger partial charge in [-0.15, -0.1) is 0 Å². The molecule has 1 aliphatic heterocycles. The Morgan fingerprint density at radius 3 is 2.76 bits per heavy atom. The van der Waals surface area contributed by atoms with Gasteiger partial charge in [0.05, 0.1) is 17.1 Å². The number of hydrogen-bond donors (Lipinski definition) is 1. The van der Waals surface area contributed by atoms with Crippen LogP contribution >= 0.6 is 11.3 Å². The van der Waals surface area contributed by atoms with Crippen molar-refractivity contribution in [3.8, 4) is 5.88 Å². The first-order valence-electron chi connectivity index (χ1n) is 7.64. The van der Waals surface area contributed by atoms with Crippen LogP contribution in [0.25, 0.3) is 11.6 Å². The second-order valence-electron chi connectivity index (χ2n) is 5.61. The van der Waals surface area contributed by atoms with Crippen LogP contribution in [-0.4, -0.2) is 15.9 Å². The first kappa shape index (κ1) is 15.5. The maximum atomic E-state index is 13.8. The molecule has 4 nitrogen and oxygen atoms in total. The number of nitrogens with zero attached hydrogens (tertiary/aromatic N) is 2. The summed E-state index contributed by atoms with van der Waals surface area (Å²) in [5, 5.41) is 10.4. The van der Waals surface area contributed by atoms with Crippen molar-refractivity contribution in [3.63, 3.8) is 0 Å². The summed E-state index contributed by atoms with van der Waals surface area (Å²) in [6, 6.07) is 13.9. The monoisotopic (exact) mass is 352 g/mol. The van der Waals surface area contributed by atoms with Gasteiger partial charge in [-0.3, -0.25) is 14.4 Å². The fraction of sp³-hybridized carbons (Fsp3) is 0.0526. The summed E-state index contributed by atoms with van der Waals surface area (Å²) >= 11 is 0.925. The molecular formula is C19H13FN2O2S. The van der Waals surface area contributed by atoms with Crippen LogP contribution in [0, 0.1) is 5.82 Å². The SMILES string of the molecule is O=c1sc(/C=C2\C=Nc3ccccc32)c(O)n1Cc1ccccc1F. The lowest BCUT2D eigenvalue weighted by Crippen LogP contribution is -2.14. The highest BCUT2D eigenvalue weighted by atomic mass is 32.1. The molecule has 0 amide bonds. The Kier molecular flexibility index (Phi) is 3.82. The molecule has 0 saturated carbocycles. The van der Waals surface area contributed by atoms with E-state index in [1.54, 1.807) is 30.5 Å². The van der Waals surface area contributed by atoms with Gasteiger partial charge in [0.15, 0.2) is 0 Å². The van der Waals surface area contributed by atoms with E-state index in [0.717, 1.165) is 28.2 Å². The molecule has 6 heteroatoms. The van der Waals surface area contributed by atoms with Crippen molar-refractivity contribution in [1.82, 2.24) is 4.57 Å². The van der Waals surface area contributed by atoms with Gasteiger partial charge in [-0.1, -0.05) is 47.7 Å². The number of hydrogen-bond acceptors (Lipinski definition) is 4. The number of aromatic hydroxyl groups is 1. The maximum absolute atomic E-state index is 13.8. The minimum Gasteiger partial charge on any atom is -0.493 e. The van der Waals surface area contributed by atoms with Crippen molar-refractivity contribution in [2.24, 2.45) is 4.99 Å². The van der Waals surface area contributed by atoms with Gasteiger partial charge in [-0.2, -0.15) is 0 Å². The molecule has 0 unspecified atom stereocenters. The third-order valence-corrected chi connectivity index (χ3v) is 4.94. The van der Waals surface area contributed by atoms with E-state index >= 15 is 0 Å². The molecule has 25 heavy (non-hydrogen) atoms. The van der Waals surface area contributed by atoms with E-state index in [4.69, 9.17) is 0 Å². The first-order chi connectivity index (χ1) is 12.1. The van der Waals surface area contributed by atoms with Crippen molar-refractivity contribution in [2.45, 2.75) is 6.54 Å². The summed E-state index contributed by atoms with van der Waals surface area (Å²) in [6.45, 7) is -0.0122. The van der Waals surface area contributed by atoms with Crippen LogP contribution in [0.2, 0.25) is 0 Å². The zero-order chi connectivity index (χ0) is 17.4. The molecule has 0 atom stereocenters. The Hall–Kier alpha value is -2.99. The van der Waals surface area contributed by atoms with Gasteiger partial charge in [0.1, 0.15) is 5.82 Å². The summed E-state index contributed by atoms with van der Waals surface area (Å²) in [6.07, 6.45) is 3.43. The number of aliphatic imine (C=N–C) groups is 1. The number of aromatic nitrogens is 1. The summed E-state index contributed by atoms with van der Waals surface area (Å²) in [5.41, 5.74) is 2.98. The predicted molar refractivity (Wildman–Crippen MR) is 98.2 cm³/mol. The van der Waals surface area contributed by atoms with Crippen molar-refractivity contribution in [3.05, 3.63) is 80.0 Å². The lowest BCUT2D eigenvalue weighted by atomic mass is 10.1. The molecule has 124 valence electrons. The Morgan fingerprint density at radius 2 is 1.92 bits per heavy atom. The molecule has 2 aromatic carbocycles. The number of para-hydroxylation sites is 1. The minimum atomic E-state index is -0.406. The van der Waals surface area contributed by atoms with Gasteiger partial charge in [0, 0.05) is 22.9 Å². The van der Waals surface area contributed by atoms with Crippen LogP contribution in [0.5, 0.6) is 5.88 Å².